The minimum absolute atomic E-state index is 0.0858. The molecule has 2 N–H and O–H groups in total. The third kappa shape index (κ3) is 6.16. The molecule has 1 heterocycles. The van der Waals surface area contributed by atoms with Crippen LogP contribution in [-0.4, -0.2) is 30.6 Å². The molecule has 3 amide bonds. The maximum absolute atomic E-state index is 11.8. The maximum Gasteiger partial charge on any atom is 0.331 e. The number of imide groups is 1. The van der Waals surface area contributed by atoms with Gasteiger partial charge in [0.05, 0.1) is 0 Å². The fraction of sp³-hybridized carbons (Fsp3) is 0.471. The molecule has 0 aliphatic heterocycles. The molecule has 1 aromatic rings. The molecule has 1 fully saturated rings. The highest BCUT2D eigenvalue weighted by molar-refractivity contribution is 7.08. The summed E-state index contributed by atoms with van der Waals surface area (Å²) >= 11 is 1.52. The summed E-state index contributed by atoms with van der Waals surface area (Å²) in [5.41, 5.74) is 0.891. The van der Waals surface area contributed by atoms with Gasteiger partial charge < -0.3 is 10.1 Å². The molecule has 1 aliphatic rings. The lowest BCUT2D eigenvalue weighted by Crippen LogP contribution is -2.48. The highest BCUT2D eigenvalue weighted by Crippen LogP contribution is 2.23. The summed E-state index contributed by atoms with van der Waals surface area (Å²) in [7, 11) is 0. The lowest BCUT2D eigenvalue weighted by Gasteiger charge is -2.29. The normalized spacial score (nSPS) is 20.5. The molecule has 7 heteroatoms. The van der Waals surface area contributed by atoms with Gasteiger partial charge in [0.25, 0.3) is 5.91 Å². The van der Waals surface area contributed by atoms with Crippen LogP contribution in [0.25, 0.3) is 6.08 Å². The third-order valence-electron chi connectivity index (χ3n) is 3.98. The van der Waals surface area contributed by atoms with Crippen LogP contribution in [-0.2, 0) is 14.3 Å². The van der Waals surface area contributed by atoms with Crippen molar-refractivity contribution in [2.24, 2.45) is 5.92 Å². The molecule has 2 atom stereocenters. The molecule has 2 rings (SSSR count). The van der Waals surface area contributed by atoms with Crippen LogP contribution in [0.3, 0.4) is 0 Å². The van der Waals surface area contributed by atoms with Crippen molar-refractivity contribution < 1.29 is 19.1 Å². The smallest absolute Gasteiger partial charge is 0.331 e. The van der Waals surface area contributed by atoms with Crippen LogP contribution in [0.1, 0.15) is 38.2 Å². The van der Waals surface area contributed by atoms with Gasteiger partial charge in [0, 0.05) is 12.1 Å². The van der Waals surface area contributed by atoms with Crippen molar-refractivity contribution in [3.63, 3.8) is 0 Å². The molecule has 0 radical (unpaired) electrons. The van der Waals surface area contributed by atoms with Gasteiger partial charge in [0.1, 0.15) is 0 Å². The first-order valence-corrected chi connectivity index (χ1v) is 8.96. The van der Waals surface area contributed by atoms with Crippen molar-refractivity contribution in [1.82, 2.24) is 10.6 Å². The summed E-state index contributed by atoms with van der Waals surface area (Å²) in [4.78, 5) is 34.9. The number of rotatable bonds is 5. The molecule has 1 saturated carbocycles. The summed E-state index contributed by atoms with van der Waals surface area (Å²) in [6, 6.07) is 1.41. The fourth-order valence-corrected chi connectivity index (χ4v) is 3.25. The van der Waals surface area contributed by atoms with Crippen molar-refractivity contribution in [3.8, 4) is 0 Å². The van der Waals surface area contributed by atoms with E-state index in [1.807, 2.05) is 16.8 Å². The van der Waals surface area contributed by atoms with E-state index >= 15 is 0 Å². The third-order valence-corrected chi connectivity index (χ3v) is 4.68. The van der Waals surface area contributed by atoms with Gasteiger partial charge in [0.2, 0.25) is 0 Å². The van der Waals surface area contributed by atoms with Crippen LogP contribution in [0.15, 0.2) is 22.9 Å². The van der Waals surface area contributed by atoms with Crippen LogP contribution in [0, 0.1) is 5.92 Å². The number of carbonyl (C=O) groups excluding carboxylic acids is 3. The molecular weight excluding hydrogens is 328 g/mol. The summed E-state index contributed by atoms with van der Waals surface area (Å²) in [5.74, 6) is -0.870. The van der Waals surface area contributed by atoms with Crippen molar-refractivity contribution >= 4 is 35.3 Å². The Labute approximate surface area is 145 Å². The van der Waals surface area contributed by atoms with E-state index in [-0.39, 0.29) is 6.04 Å². The zero-order chi connectivity index (χ0) is 17.4. The molecule has 6 nitrogen and oxygen atoms in total. The summed E-state index contributed by atoms with van der Waals surface area (Å²) < 4.78 is 4.80. The molecule has 0 aromatic carbocycles. The number of nitrogens with one attached hydrogen (secondary N) is 2. The Balaban J connectivity index is 1.66. The van der Waals surface area contributed by atoms with Crippen molar-refractivity contribution in [1.29, 1.82) is 0 Å². The van der Waals surface area contributed by atoms with E-state index in [0.29, 0.717) is 5.92 Å². The average Bonchev–Trinajstić information content (AvgIpc) is 3.06. The Hall–Kier alpha value is -2.15. The van der Waals surface area contributed by atoms with E-state index in [4.69, 9.17) is 4.74 Å². The van der Waals surface area contributed by atoms with Crippen LogP contribution in [0.2, 0.25) is 0 Å². The molecular formula is C17H22N2O4S. The van der Waals surface area contributed by atoms with Crippen molar-refractivity contribution in [2.45, 2.75) is 38.6 Å². The molecule has 1 aliphatic carbocycles. The topological polar surface area (TPSA) is 84.5 Å². The van der Waals surface area contributed by atoms with E-state index in [2.05, 4.69) is 17.6 Å². The summed E-state index contributed by atoms with van der Waals surface area (Å²) in [5, 5.41) is 8.77. The zero-order valence-electron chi connectivity index (χ0n) is 13.6. The van der Waals surface area contributed by atoms with E-state index in [1.165, 1.54) is 23.8 Å². The SMILES string of the molecule is C[C@@H]1CCCC[C@H]1NC(=O)NC(=O)COC(=O)/C=C/c1ccsc1. The van der Waals surface area contributed by atoms with Gasteiger partial charge in [-0.3, -0.25) is 10.1 Å². The highest BCUT2D eigenvalue weighted by Gasteiger charge is 2.23. The second-order valence-electron chi connectivity index (χ2n) is 5.89. The molecule has 24 heavy (non-hydrogen) atoms. The number of hydrogen-bond acceptors (Lipinski definition) is 5. The minimum Gasteiger partial charge on any atom is -0.452 e. The lowest BCUT2D eigenvalue weighted by molar-refractivity contribution is -0.143. The largest absolute Gasteiger partial charge is 0.452 e. The second-order valence-corrected chi connectivity index (χ2v) is 6.67. The van der Waals surface area contributed by atoms with Gasteiger partial charge in [-0.2, -0.15) is 11.3 Å². The van der Waals surface area contributed by atoms with Gasteiger partial charge >= 0.3 is 12.0 Å². The van der Waals surface area contributed by atoms with E-state index in [0.717, 1.165) is 24.8 Å². The maximum atomic E-state index is 11.8. The summed E-state index contributed by atoms with van der Waals surface area (Å²) in [6.45, 7) is 1.61. The molecule has 0 spiro atoms. The quantitative estimate of drug-likeness (QED) is 0.632. The Morgan fingerprint density at radius 1 is 1.33 bits per heavy atom. The number of esters is 1. The molecule has 1 aromatic heterocycles. The molecule has 0 saturated heterocycles. The molecule has 0 bridgehead atoms. The van der Waals surface area contributed by atoms with Gasteiger partial charge in [-0.15, -0.1) is 0 Å². The monoisotopic (exact) mass is 350 g/mol. The van der Waals surface area contributed by atoms with Crippen molar-refractivity contribution in [3.05, 3.63) is 28.5 Å². The molecule has 130 valence electrons. The first-order valence-electron chi connectivity index (χ1n) is 8.02. The highest BCUT2D eigenvalue weighted by atomic mass is 32.1. The van der Waals surface area contributed by atoms with Crippen LogP contribution >= 0.6 is 11.3 Å². The van der Waals surface area contributed by atoms with Crippen LogP contribution < -0.4 is 10.6 Å². The predicted molar refractivity (Wildman–Crippen MR) is 92.4 cm³/mol. The van der Waals surface area contributed by atoms with Gasteiger partial charge in [-0.25, -0.2) is 9.59 Å². The number of thiophene rings is 1. The number of hydrogen-bond donors (Lipinski definition) is 2. The number of amides is 3. The first kappa shape index (κ1) is 18.2. The Morgan fingerprint density at radius 3 is 2.83 bits per heavy atom. The van der Waals surface area contributed by atoms with Crippen LogP contribution in [0.4, 0.5) is 4.79 Å². The Kier molecular flexibility index (Phi) is 6.99. The fourth-order valence-electron chi connectivity index (χ4n) is 2.62. The molecule has 0 unspecified atom stereocenters. The van der Waals surface area contributed by atoms with E-state index < -0.39 is 24.5 Å². The lowest BCUT2D eigenvalue weighted by atomic mass is 9.86. The first-order chi connectivity index (χ1) is 11.5. The van der Waals surface area contributed by atoms with E-state index in [1.54, 1.807) is 6.08 Å². The number of urea groups is 1. The minimum atomic E-state index is -0.645. The Morgan fingerprint density at radius 2 is 2.12 bits per heavy atom. The number of carbonyl (C=O) groups is 3. The average molecular weight is 350 g/mol. The second kappa shape index (κ2) is 9.22. The standard InChI is InChI=1S/C17H22N2O4S/c1-12-4-2-3-5-14(12)18-17(22)19-15(20)10-23-16(21)7-6-13-8-9-24-11-13/h6-9,11-12,14H,2-5,10H2,1H3,(H2,18,19,20,22)/b7-6+/t12-,14-/m1/s1. The zero-order valence-corrected chi connectivity index (χ0v) is 14.4. The number of ether oxygens (including phenoxy) is 1. The van der Waals surface area contributed by atoms with Gasteiger partial charge in [-0.1, -0.05) is 19.8 Å². The van der Waals surface area contributed by atoms with Crippen molar-refractivity contribution in [2.75, 3.05) is 6.61 Å². The predicted octanol–water partition coefficient (Wildman–Crippen LogP) is 2.71. The van der Waals surface area contributed by atoms with E-state index in [9.17, 15) is 14.4 Å². The summed E-state index contributed by atoms with van der Waals surface area (Å²) in [6.07, 6.45) is 7.11. The van der Waals surface area contributed by atoms with Crippen LogP contribution in [0.5, 0.6) is 0 Å². The van der Waals surface area contributed by atoms with Gasteiger partial charge in [-0.05, 0) is 47.2 Å². The van der Waals surface area contributed by atoms with Gasteiger partial charge in [0.15, 0.2) is 6.61 Å². The Bertz CT molecular complexity index is 598.